The number of rotatable bonds is 2. The standard InChI is InChI=1S/C16H17ClFNO2/c17-10-5-6-13(18)11(7-10)12-8-14(20)19-16(21)15(12)9-3-1-2-4-9/h5-7,9,12,15H,1-4,8H2,(H,19,20,21). The molecule has 3 rings (SSSR count). The average Bonchev–Trinajstić information content (AvgIpc) is 2.94. The van der Waals surface area contributed by atoms with Crippen LogP contribution >= 0.6 is 11.6 Å². The zero-order valence-electron chi connectivity index (χ0n) is 11.6. The molecule has 2 unspecified atom stereocenters. The van der Waals surface area contributed by atoms with E-state index in [1.54, 1.807) is 6.07 Å². The maximum Gasteiger partial charge on any atom is 0.230 e. The molecular weight excluding hydrogens is 293 g/mol. The van der Waals surface area contributed by atoms with Crippen LogP contribution in [-0.2, 0) is 9.59 Å². The van der Waals surface area contributed by atoms with Gasteiger partial charge in [-0.2, -0.15) is 0 Å². The van der Waals surface area contributed by atoms with Gasteiger partial charge in [-0.15, -0.1) is 0 Å². The molecule has 0 spiro atoms. The van der Waals surface area contributed by atoms with Crippen LogP contribution in [0, 0.1) is 17.7 Å². The van der Waals surface area contributed by atoms with Crippen molar-refractivity contribution in [3.05, 3.63) is 34.6 Å². The molecule has 112 valence electrons. The van der Waals surface area contributed by atoms with Crippen molar-refractivity contribution < 1.29 is 14.0 Å². The first-order valence-electron chi connectivity index (χ1n) is 7.35. The quantitative estimate of drug-likeness (QED) is 0.851. The summed E-state index contributed by atoms with van der Waals surface area (Å²) in [7, 11) is 0. The fourth-order valence-electron chi connectivity index (χ4n) is 3.74. The third-order valence-electron chi connectivity index (χ3n) is 4.67. The van der Waals surface area contributed by atoms with E-state index in [1.807, 2.05) is 0 Å². The fourth-order valence-corrected chi connectivity index (χ4v) is 3.92. The number of halogens is 2. The molecule has 1 aromatic rings. The van der Waals surface area contributed by atoms with E-state index in [1.165, 1.54) is 12.1 Å². The fraction of sp³-hybridized carbons (Fsp3) is 0.500. The largest absolute Gasteiger partial charge is 0.296 e. The van der Waals surface area contributed by atoms with Gasteiger partial charge in [-0.3, -0.25) is 14.9 Å². The summed E-state index contributed by atoms with van der Waals surface area (Å²) in [5.41, 5.74) is 0.391. The second kappa shape index (κ2) is 5.76. The van der Waals surface area contributed by atoms with Crippen LogP contribution in [0.4, 0.5) is 4.39 Å². The van der Waals surface area contributed by atoms with E-state index in [-0.39, 0.29) is 30.1 Å². The number of hydrogen-bond acceptors (Lipinski definition) is 2. The van der Waals surface area contributed by atoms with Crippen LogP contribution in [0.15, 0.2) is 18.2 Å². The van der Waals surface area contributed by atoms with Crippen LogP contribution in [0.25, 0.3) is 0 Å². The highest BCUT2D eigenvalue weighted by Crippen LogP contribution is 2.43. The van der Waals surface area contributed by atoms with E-state index >= 15 is 0 Å². The third-order valence-corrected chi connectivity index (χ3v) is 4.90. The molecule has 0 radical (unpaired) electrons. The summed E-state index contributed by atoms with van der Waals surface area (Å²) in [6, 6.07) is 4.34. The molecule has 2 fully saturated rings. The van der Waals surface area contributed by atoms with Crippen LogP contribution in [0.3, 0.4) is 0 Å². The maximum absolute atomic E-state index is 14.2. The Bertz CT molecular complexity index is 584. The number of benzene rings is 1. The Balaban J connectivity index is 2.00. The SMILES string of the molecule is O=C1CC(c2cc(Cl)ccc2F)C(C2CCCC2)C(=O)N1. The molecule has 0 aromatic heterocycles. The van der Waals surface area contributed by atoms with E-state index in [2.05, 4.69) is 5.32 Å². The predicted octanol–water partition coefficient (Wildman–Crippen LogP) is 3.42. The van der Waals surface area contributed by atoms with Crippen molar-refractivity contribution in [2.24, 2.45) is 11.8 Å². The molecule has 2 aliphatic rings. The number of imide groups is 1. The Labute approximate surface area is 127 Å². The van der Waals surface area contributed by atoms with Gasteiger partial charge in [0.25, 0.3) is 0 Å². The normalized spacial score (nSPS) is 27.0. The number of hydrogen-bond donors (Lipinski definition) is 1. The highest BCUT2D eigenvalue weighted by molar-refractivity contribution is 6.30. The lowest BCUT2D eigenvalue weighted by Gasteiger charge is -2.34. The zero-order chi connectivity index (χ0) is 15.0. The Morgan fingerprint density at radius 1 is 1.19 bits per heavy atom. The lowest BCUT2D eigenvalue weighted by molar-refractivity contribution is -0.138. The van der Waals surface area contributed by atoms with E-state index in [4.69, 9.17) is 11.6 Å². The Kier molecular flexibility index (Phi) is 3.98. The molecule has 1 aliphatic heterocycles. The number of carbonyl (C=O) groups excluding carboxylic acids is 2. The second-order valence-electron chi connectivity index (χ2n) is 5.96. The van der Waals surface area contributed by atoms with Crippen molar-refractivity contribution in [1.82, 2.24) is 5.32 Å². The molecule has 2 atom stereocenters. The molecule has 1 N–H and O–H groups in total. The van der Waals surface area contributed by atoms with Gasteiger partial charge in [-0.05, 0) is 42.5 Å². The highest BCUT2D eigenvalue weighted by atomic mass is 35.5. The monoisotopic (exact) mass is 309 g/mol. The first-order valence-corrected chi connectivity index (χ1v) is 7.72. The molecule has 1 aromatic carbocycles. The molecule has 21 heavy (non-hydrogen) atoms. The molecule has 1 heterocycles. The lowest BCUT2D eigenvalue weighted by Crippen LogP contribution is -2.47. The summed E-state index contributed by atoms with van der Waals surface area (Å²) in [5, 5.41) is 2.83. The molecule has 1 saturated heterocycles. The lowest BCUT2D eigenvalue weighted by atomic mass is 9.73. The minimum atomic E-state index is -0.409. The molecule has 2 amide bonds. The molecule has 1 saturated carbocycles. The molecule has 5 heteroatoms. The van der Waals surface area contributed by atoms with Gasteiger partial charge in [0.15, 0.2) is 0 Å². The minimum absolute atomic E-state index is 0.143. The first kappa shape index (κ1) is 14.5. The van der Waals surface area contributed by atoms with Crippen molar-refractivity contribution in [3.8, 4) is 0 Å². The van der Waals surface area contributed by atoms with Crippen molar-refractivity contribution in [1.29, 1.82) is 0 Å². The topological polar surface area (TPSA) is 46.2 Å². The molecular formula is C16H17ClFNO2. The average molecular weight is 310 g/mol. The predicted molar refractivity (Wildman–Crippen MR) is 77.4 cm³/mol. The summed E-state index contributed by atoms with van der Waals surface area (Å²) in [6.45, 7) is 0. The van der Waals surface area contributed by atoms with Crippen molar-refractivity contribution >= 4 is 23.4 Å². The molecule has 3 nitrogen and oxygen atoms in total. The summed E-state index contributed by atoms with van der Waals surface area (Å²) >= 11 is 5.96. The van der Waals surface area contributed by atoms with Gasteiger partial charge in [0.2, 0.25) is 11.8 Å². The zero-order valence-corrected chi connectivity index (χ0v) is 12.3. The first-order chi connectivity index (χ1) is 10.1. The van der Waals surface area contributed by atoms with Crippen molar-refractivity contribution in [3.63, 3.8) is 0 Å². The van der Waals surface area contributed by atoms with E-state index < -0.39 is 11.7 Å². The van der Waals surface area contributed by atoms with Crippen LogP contribution < -0.4 is 5.32 Å². The van der Waals surface area contributed by atoms with Gasteiger partial charge >= 0.3 is 0 Å². The number of carbonyl (C=O) groups is 2. The van der Waals surface area contributed by atoms with Crippen LogP contribution in [0.2, 0.25) is 5.02 Å². The van der Waals surface area contributed by atoms with E-state index in [0.717, 1.165) is 25.7 Å². The van der Waals surface area contributed by atoms with Gasteiger partial charge in [0, 0.05) is 23.3 Å². The number of nitrogens with one attached hydrogen (secondary N) is 1. The van der Waals surface area contributed by atoms with Gasteiger partial charge in [-0.25, -0.2) is 4.39 Å². The van der Waals surface area contributed by atoms with Crippen LogP contribution in [-0.4, -0.2) is 11.8 Å². The van der Waals surface area contributed by atoms with Crippen LogP contribution in [0.1, 0.15) is 43.6 Å². The summed E-state index contributed by atoms with van der Waals surface area (Å²) in [6.07, 6.45) is 4.25. The smallest absolute Gasteiger partial charge is 0.230 e. The Hall–Kier alpha value is -1.42. The highest BCUT2D eigenvalue weighted by Gasteiger charge is 2.43. The molecule has 0 bridgehead atoms. The Morgan fingerprint density at radius 3 is 2.62 bits per heavy atom. The van der Waals surface area contributed by atoms with Gasteiger partial charge in [-0.1, -0.05) is 24.4 Å². The minimum Gasteiger partial charge on any atom is -0.296 e. The van der Waals surface area contributed by atoms with Crippen LogP contribution in [0.5, 0.6) is 0 Å². The summed E-state index contributed by atoms with van der Waals surface area (Å²) in [5.74, 6) is -1.51. The van der Waals surface area contributed by atoms with Crippen molar-refractivity contribution in [2.75, 3.05) is 0 Å². The third kappa shape index (κ3) is 2.82. The van der Waals surface area contributed by atoms with Gasteiger partial charge < -0.3 is 0 Å². The second-order valence-corrected chi connectivity index (χ2v) is 6.40. The number of piperidine rings is 1. The summed E-state index contributed by atoms with van der Waals surface area (Å²) < 4.78 is 14.2. The maximum atomic E-state index is 14.2. The molecule has 1 aliphatic carbocycles. The number of amides is 2. The van der Waals surface area contributed by atoms with Gasteiger partial charge in [0.05, 0.1) is 0 Å². The van der Waals surface area contributed by atoms with Gasteiger partial charge in [0.1, 0.15) is 5.82 Å². The summed E-state index contributed by atoms with van der Waals surface area (Å²) in [4.78, 5) is 24.0. The Morgan fingerprint density at radius 2 is 1.90 bits per heavy atom. The van der Waals surface area contributed by atoms with E-state index in [9.17, 15) is 14.0 Å². The van der Waals surface area contributed by atoms with Crippen molar-refractivity contribution in [2.45, 2.75) is 38.0 Å². The van der Waals surface area contributed by atoms with E-state index in [0.29, 0.717) is 10.6 Å².